The maximum absolute atomic E-state index is 6.22. The average Bonchev–Trinajstić information content (AvgIpc) is 2.65. The fourth-order valence-electron chi connectivity index (χ4n) is 2.41. The zero-order chi connectivity index (χ0) is 16.4. The first-order valence-corrected chi connectivity index (χ1v) is 8.86. The van der Waals surface area contributed by atoms with E-state index >= 15 is 0 Å². The van der Waals surface area contributed by atoms with Gasteiger partial charge in [0.1, 0.15) is 0 Å². The van der Waals surface area contributed by atoms with Crippen molar-refractivity contribution < 1.29 is 9.31 Å². The van der Waals surface area contributed by atoms with Crippen LogP contribution in [0.25, 0.3) is 6.08 Å². The number of halogens is 1. The summed E-state index contributed by atoms with van der Waals surface area (Å²) in [7, 11) is -0.250. The molecule has 0 unspecified atom stereocenters. The third-order valence-corrected chi connectivity index (χ3v) is 5.13. The minimum atomic E-state index is -0.289. The standard InChI is InChI=1S/C18H26BBrO2/c1-6-7-8-15(13-14-9-11-16(20)12-10-14)19-21-17(2,3)18(4,5)22-19/h9-13H,6-8H2,1-5H3/b15-13+. The Balaban J connectivity index is 2.25. The van der Waals surface area contributed by atoms with Crippen molar-refractivity contribution in [3.63, 3.8) is 0 Å². The minimum Gasteiger partial charge on any atom is -0.400 e. The maximum Gasteiger partial charge on any atom is 0.490 e. The molecule has 4 heteroatoms. The van der Waals surface area contributed by atoms with Gasteiger partial charge in [0.05, 0.1) is 11.2 Å². The summed E-state index contributed by atoms with van der Waals surface area (Å²) in [6.45, 7) is 10.6. The third kappa shape index (κ3) is 4.04. The molecule has 0 atom stereocenters. The Labute approximate surface area is 143 Å². The van der Waals surface area contributed by atoms with Crippen LogP contribution in [0.4, 0.5) is 0 Å². The first-order valence-electron chi connectivity index (χ1n) is 8.07. The van der Waals surface area contributed by atoms with Gasteiger partial charge in [-0.3, -0.25) is 0 Å². The second kappa shape index (κ2) is 6.90. The van der Waals surface area contributed by atoms with E-state index in [1.807, 2.05) is 0 Å². The molecule has 1 aromatic rings. The molecule has 0 spiro atoms. The monoisotopic (exact) mass is 364 g/mol. The van der Waals surface area contributed by atoms with Crippen molar-refractivity contribution in [2.24, 2.45) is 0 Å². The van der Waals surface area contributed by atoms with Gasteiger partial charge in [0.25, 0.3) is 0 Å². The number of hydrogen-bond donors (Lipinski definition) is 0. The molecule has 2 rings (SSSR count). The highest BCUT2D eigenvalue weighted by molar-refractivity contribution is 9.10. The summed E-state index contributed by atoms with van der Waals surface area (Å²) in [5, 5.41) is 0. The normalized spacial score (nSPS) is 20.5. The highest BCUT2D eigenvalue weighted by Gasteiger charge is 2.52. The largest absolute Gasteiger partial charge is 0.490 e. The van der Waals surface area contributed by atoms with E-state index in [4.69, 9.17) is 9.31 Å². The zero-order valence-corrected chi connectivity index (χ0v) is 15.9. The van der Waals surface area contributed by atoms with Gasteiger partial charge in [-0.15, -0.1) is 0 Å². The van der Waals surface area contributed by atoms with Crippen LogP contribution in [0.5, 0.6) is 0 Å². The van der Waals surface area contributed by atoms with Gasteiger partial charge < -0.3 is 9.31 Å². The second-order valence-electron chi connectivity index (χ2n) is 6.96. The number of allylic oxidation sites excluding steroid dienone is 1. The fraction of sp³-hybridized carbons (Fsp3) is 0.556. The molecule has 0 aliphatic carbocycles. The Bertz CT molecular complexity index is 519. The molecule has 2 nitrogen and oxygen atoms in total. The number of unbranched alkanes of at least 4 members (excludes halogenated alkanes) is 1. The molecule has 0 N–H and O–H groups in total. The van der Waals surface area contributed by atoms with Gasteiger partial charge in [0.15, 0.2) is 0 Å². The van der Waals surface area contributed by atoms with Gasteiger partial charge in [0, 0.05) is 4.47 Å². The molecular formula is C18H26BBrO2. The summed E-state index contributed by atoms with van der Waals surface area (Å²) in [6.07, 6.45) is 5.53. The van der Waals surface area contributed by atoms with Gasteiger partial charge in [0.2, 0.25) is 0 Å². The van der Waals surface area contributed by atoms with Gasteiger partial charge in [-0.25, -0.2) is 0 Å². The number of benzene rings is 1. The summed E-state index contributed by atoms with van der Waals surface area (Å²) in [6, 6.07) is 8.35. The van der Waals surface area contributed by atoms with Gasteiger partial charge >= 0.3 is 7.12 Å². The van der Waals surface area contributed by atoms with Crippen LogP contribution in [0.1, 0.15) is 59.4 Å². The summed E-state index contributed by atoms with van der Waals surface area (Å²) in [5.41, 5.74) is 1.83. The van der Waals surface area contributed by atoms with Crippen LogP contribution in [0.2, 0.25) is 0 Å². The first-order chi connectivity index (χ1) is 10.2. The lowest BCUT2D eigenvalue weighted by Crippen LogP contribution is -2.41. The average molecular weight is 365 g/mol. The van der Waals surface area contributed by atoms with Crippen molar-refractivity contribution in [1.82, 2.24) is 0 Å². The predicted molar refractivity (Wildman–Crippen MR) is 97.7 cm³/mol. The molecule has 1 saturated heterocycles. The topological polar surface area (TPSA) is 18.5 Å². The molecule has 0 bridgehead atoms. The minimum absolute atomic E-state index is 0.250. The van der Waals surface area contributed by atoms with Gasteiger partial charge in [-0.2, -0.15) is 0 Å². The van der Waals surface area contributed by atoms with E-state index in [0.717, 1.165) is 23.7 Å². The van der Waals surface area contributed by atoms with Crippen molar-refractivity contribution in [1.29, 1.82) is 0 Å². The van der Waals surface area contributed by atoms with Crippen molar-refractivity contribution in [2.45, 2.75) is 65.1 Å². The summed E-state index contributed by atoms with van der Waals surface area (Å²) < 4.78 is 13.5. The van der Waals surface area contributed by atoms with Crippen molar-refractivity contribution in [3.05, 3.63) is 39.8 Å². The Morgan fingerprint density at radius 1 is 1.09 bits per heavy atom. The SMILES string of the molecule is CCCC/C(=C\c1ccc(Br)cc1)B1OC(C)(C)C(C)(C)O1. The lowest BCUT2D eigenvalue weighted by atomic mass is 9.74. The van der Waals surface area contributed by atoms with Crippen LogP contribution in [-0.2, 0) is 9.31 Å². The second-order valence-corrected chi connectivity index (χ2v) is 7.88. The van der Waals surface area contributed by atoms with Crippen LogP contribution in [-0.4, -0.2) is 18.3 Å². The quantitative estimate of drug-likeness (QED) is 0.628. The van der Waals surface area contributed by atoms with E-state index in [-0.39, 0.29) is 18.3 Å². The van der Waals surface area contributed by atoms with Crippen LogP contribution in [0, 0.1) is 0 Å². The third-order valence-electron chi connectivity index (χ3n) is 4.60. The molecule has 0 radical (unpaired) electrons. The number of rotatable bonds is 5. The van der Waals surface area contributed by atoms with Crippen molar-refractivity contribution in [3.8, 4) is 0 Å². The summed E-state index contributed by atoms with van der Waals surface area (Å²) in [4.78, 5) is 0. The Hall–Kier alpha value is -0.575. The lowest BCUT2D eigenvalue weighted by molar-refractivity contribution is 0.00578. The molecule has 1 heterocycles. The molecule has 1 aliphatic rings. The molecule has 0 aromatic heterocycles. The van der Waals surface area contributed by atoms with Crippen LogP contribution >= 0.6 is 15.9 Å². The van der Waals surface area contributed by atoms with E-state index < -0.39 is 0 Å². The molecular weight excluding hydrogens is 339 g/mol. The number of hydrogen-bond acceptors (Lipinski definition) is 2. The van der Waals surface area contributed by atoms with E-state index in [1.165, 1.54) is 11.0 Å². The first kappa shape index (κ1) is 17.8. The van der Waals surface area contributed by atoms with E-state index in [2.05, 4.69) is 80.9 Å². The fourth-order valence-corrected chi connectivity index (χ4v) is 2.67. The zero-order valence-electron chi connectivity index (χ0n) is 14.3. The highest BCUT2D eigenvalue weighted by atomic mass is 79.9. The van der Waals surface area contributed by atoms with Crippen molar-refractivity contribution in [2.75, 3.05) is 0 Å². The Morgan fingerprint density at radius 2 is 1.64 bits per heavy atom. The molecule has 1 aromatic carbocycles. The summed E-state index contributed by atoms with van der Waals surface area (Å²) >= 11 is 3.48. The van der Waals surface area contributed by atoms with Crippen LogP contribution in [0.3, 0.4) is 0 Å². The predicted octanol–water partition coefficient (Wildman–Crippen LogP) is 5.65. The van der Waals surface area contributed by atoms with E-state index in [0.29, 0.717) is 0 Å². The molecule has 1 fully saturated rings. The maximum atomic E-state index is 6.22. The smallest absolute Gasteiger partial charge is 0.400 e. The highest BCUT2D eigenvalue weighted by Crippen LogP contribution is 2.39. The Kier molecular flexibility index (Phi) is 5.57. The van der Waals surface area contributed by atoms with E-state index in [9.17, 15) is 0 Å². The van der Waals surface area contributed by atoms with Gasteiger partial charge in [-0.1, -0.05) is 53.9 Å². The van der Waals surface area contributed by atoms with Crippen LogP contribution < -0.4 is 0 Å². The molecule has 0 amide bonds. The van der Waals surface area contributed by atoms with E-state index in [1.54, 1.807) is 0 Å². The van der Waals surface area contributed by atoms with Crippen LogP contribution in [0.15, 0.2) is 34.2 Å². The van der Waals surface area contributed by atoms with Gasteiger partial charge in [-0.05, 0) is 57.3 Å². The van der Waals surface area contributed by atoms with Crippen molar-refractivity contribution >= 4 is 29.1 Å². The molecule has 22 heavy (non-hydrogen) atoms. The summed E-state index contributed by atoms with van der Waals surface area (Å²) in [5.74, 6) is 0. The molecule has 120 valence electrons. The Morgan fingerprint density at radius 3 is 2.14 bits per heavy atom. The molecule has 1 aliphatic heterocycles. The lowest BCUT2D eigenvalue weighted by Gasteiger charge is -2.32. The molecule has 0 saturated carbocycles.